The van der Waals surface area contributed by atoms with E-state index in [1.807, 2.05) is 30.3 Å². The number of methoxy groups -OCH3 is 1. The average Bonchev–Trinajstić information content (AvgIpc) is 2.62. The molecule has 0 fully saturated rings. The van der Waals surface area contributed by atoms with Crippen molar-refractivity contribution in [2.45, 2.75) is 66.3 Å². The van der Waals surface area contributed by atoms with Crippen molar-refractivity contribution in [1.82, 2.24) is 0 Å². The zero-order chi connectivity index (χ0) is 19.5. The van der Waals surface area contributed by atoms with Crippen LogP contribution in [0.15, 0.2) is 36.9 Å². The van der Waals surface area contributed by atoms with Crippen LogP contribution in [0.4, 0.5) is 0 Å². The molecule has 1 aromatic carbocycles. The van der Waals surface area contributed by atoms with Gasteiger partial charge in [-0.15, -0.1) is 6.58 Å². The van der Waals surface area contributed by atoms with Crippen molar-refractivity contribution in [3.63, 3.8) is 0 Å². The fraction of sp³-hybridized carbons (Fsp3) is 0.652. The van der Waals surface area contributed by atoms with Gasteiger partial charge in [0.15, 0.2) is 0 Å². The Labute approximate surface area is 160 Å². The first-order valence-corrected chi connectivity index (χ1v) is 9.86. The van der Waals surface area contributed by atoms with Gasteiger partial charge in [0, 0.05) is 12.5 Å². The molecule has 0 radical (unpaired) electrons. The van der Waals surface area contributed by atoms with E-state index in [1.165, 1.54) is 6.42 Å². The lowest BCUT2D eigenvalue weighted by atomic mass is 9.90. The van der Waals surface area contributed by atoms with E-state index >= 15 is 0 Å². The lowest BCUT2D eigenvalue weighted by molar-refractivity contribution is -0.0953. The molecule has 0 saturated carbocycles. The minimum Gasteiger partial charge on any atom is -0.497 e. The van der Waals surface area contributed by atoms with Gasteiger partial charge in [-0.1, -0.05) is 52.3 Å². The van der Waals surface area contributed by atoms with Crippen LogP contribution in [0.1, 0.15) is 53.0 Å². The van der Waals surface area contributed by atoms with Crippen LogP contribution in [0.5, 0.6) is 5.75 Å². The highest BCUT2D eigenvalue weighted by Gasteiger charge is 2.27. The topological polar surface area (TPSA) is 27.7 Å². The number of benzene rings is 1. The van der Waals surface area contributed by atoms with Crippen molar-refractivity contribution in [3.05, 3.63) is 42.5 Å². The van der Waals surface area contributed by atoms with Crippen molar-refractivity contribution in [3.8, 4) is 5.75 Å². The van der Waals surface area contributed by atoms with Gasteiger partial charge in [0.05, 0.1) is 25.9 Å². The van der Waals surface area contributed by atoms with Gasteiger partial charge >= 0.3 is 0 Å². The fourth-order valence-electron chi connectivity index (χ4n) is 2.90. The Morgan fingerprint density at radius 3 is 2.08 bits per heavy atom. The Kier molecular flexibility index (Phi) is 10.6. The average molecular weight is 363 g/mol. The molecule has 3 nitrogen and oxygen atoms in total. The van der Waals surface area contributed by atoms with Crippen LogP contribution >= 0.6 is 0 Å². The summed E-state index contributed by atoms with van der Waals surface area (Å²) in [4.78, 5) is 0. The first-order valence-electron chi connectivity index (χ1n) is 9.86. The largest absolute Gasteiger partial charge is 0.497 e. The zero-order valence-corrected chi connectivity index (χ0v) is 17.5. The smallest absolute Gasteiger partial charge is 0.118 e. The normalized spacial score (nSPS) is 15.1. The Balaban J connectivity index is 2.70. The number of hydrogen-bond donors (Lipinski definition) is 0. The van der Waals surface area contributed by atoms with Crippen LogP contribution in [0, 0.1) is 17.8 Å². The monoisotopic (exact) mass is 362 g/mol. The van der Waals surface area contributed by atoms with Gasteiger partial charge in [0.1, 0.15) is 5.75 Å². The third kappa shape index (κ3) is 8.37. The van der Waals surface area contributed by atoms with Crippen molar-refractivity contribution in [2.75, 3.05) is 13.7 Å². The molecule has 0 spiro atoms. The summed E-state index contributed by atoms with van der Waals surface area (Å²) in [5.74, 6) is 2.35. The van der Waals surface area contributed by atoms with Crippen molar-refractivity contribution in [1.29, 1.82) is 0 Å². The van der Waals surface area contributed by atoms with Crippen LogP contribution < -0.4 is 4.74 Å². The highest BCUT2D eigenvalue weighted by atomic mass is 16.5. The summed E-state index contributed by atoms with van der Waals surface area (Å²) < 4.78 is 17.6. The van der Waals surface area contributed by atoms with Crippen LogP contribution in [0.3, 0.4) is 0 Å². The molecule has 0 unspecified atom stereocenters. The summed E-state index contributed by atoms with van der Waals surface area (Å²) >= 11 is 0. The second kappa shape index (κ2) is 12.1. The van der Waals surface area contributed by atoms with Gasteiger partial charge in [-0.2, -0.15) is 0 Å². The van der Waals surface area contributed by atoms with E-state index in [4.69, 9.17) is 14.2 Å². The van der Waals surface area contributed by atoms with Gasteiger partial charge in [-0.3, -0.25) is 0 Å². The summed E-state index contributed by atoms with van der Waals surface area (Å²) in [5.41, 5.74) is 1.14. The first kappa shape index (κ1) is 22.7. The molecule has 148 valence electrons. The summed E-state index contributed by atoms with van der Waals surface area (Å²) in [6.45, 7) is 16.4. The third-order valence-electron chi connectivity index (χ3n) is 4.56. The summed E-state index contributed by atoms with van der Waals surface area (Å²) in [6, 6.07) is 8.01. The van der Waals surface area contributed by atoms with Crippen LogP contribution in [-0.4, -0.2) is 25.9 Å². The summed E-state index contributed by atoms with van der Waals surface area (Å²) in [5, 5.41) is 0. The fourth-order valence-corrected chi connectivity index (χ4v) is 2.90. The maximum Gasteiger partial charge on any atom is 0.118 e. The van der Waals surface area contributed by atoms with E-state index in [9.17, 15) is 0 Å². The maximum absolute atomic E-state index is 6.26. The standard InChI is InChI=1S/C23H38O3/c1-8-21(12-9-17(2)3)23(26-15-18(4)5)19(6)25-16-20-10-13-22(24-7)14-11-20/h8,10-11,13-14,17-19,21,23H,1,9,12,15-16H2,2-7H3/t19-,21+,23+/m0/s1. The molecule has 0 heterocycles. The quantitative estimate of drug-likeness (QED) is 0.410. The van der Waals surface area contributed by atoms with Crippen molar-refractivity contribution < 1.29 is 14.2 Å². The molecule has 0 aliphatic rings. The van der Waals surface area contributed by atoms with E-state index in [-0.39, 0.29) is 12.2 Å². The van der Waals surface area contributed by atoms with Crippen LogP contribution in [0.25, 0.3) is 0 Å². The van der Waals surface area contributed by atoms with E-state index < -0.39 is 0 Å². The van der Waals surface area contributed by atoms with E-state index in [0.29, 0.717) is 24.4 Å². The van der Waals surface area contributed by atoms with Crippen LogP contribution in [0.2, 0.25) is 0 Å². The third-order valence-corrected chi connectivity index (χ3v) is 4.56. The first-order chi connectivity index (χ1) is 12.4. The molecular formula is C23H38O3. The zero-order valence-electron chi connectivity index (χ0n) is 17.5. The highest BCUT2D eigenvalue weighted by Crippen LogP contribution is 2.24. The second-order valence-corrected chi connectivity index (χ2v) is 7.93. The Morgan fingerprint density at radius 1 is 0.923 bits per heavy atom. The molecule has 0 aliphatic carbocycles. The molecule has 3 heteroatoms. The summed E-state index contributed by atoms with van der Waals surface area (Å²) in [6.07, 6.45) is 4.34. The molecule has 3 atom stereocenters. The SMILES string of the molecule is C=C[C@H](CCC(C)C)[C@H](OCC(C)C)[C@H](C)OCc1ccc(OC)cc1. The van der Waals surface area contributed by atoms with E-state index in [2.05, 4.69) is 41.2 Å². The van der Waals surface area contributed by atoms with E-state index in [0.717, 1.165) is 24.3 Å². The molecule has 0 aliphatic heterocycles. The van der Waals surface area contributed by atoms with Gasteiger partial charge in [-0.25, -0.2) is 0 Å². The van der Waals surface area contributed by atoms with Crippen molar-refractivity contribution in [2.24, 2.45) is 17.8 Å². The van der Waals surface area contributed by atoms with Crippen LogP contribution in [-0.2, 0) is 16.1 Å². The lowest BCUT2D eigenvalue weighted by Crippen LogP contribution is -2.36. The lowest BCUT2D eigenvalue weighted by Gasteiger charge is -2.31. The van der Waals surface area contributed by atoms with Gasteiger partial charge < -0.3 is 14.2 Å². The van der Waals surface area contributed by atoms with Crippen molar-refractivity contribution >= 4 is 0 Å². The van der Waals surface area contributed by atoms with Gasteiger partial charge in [0.2, 0.25) is 0 Å². The Hall–Kier alpha value is -1.32. The predicted molar refractivity (Wildman–Crippen MR) is 110 cm³/mol. The van der Waals surface area contributed by atoms with Gasteiger partial charge in [0.25, 0.3) is 0 Å². The number of rotatable bonds is 13. The minimum atomic E-state index is 0.00557. The summed E-state index contributed by atoms with van der Waals surface area (Å²) in [7, 11) is 1.68. The Bertz CT molecular complexity index is 493. The molecule has 0 aromatic heterocycles. The molecule has 26 heavy (non-hydrogen) atoms. The molecule has 0 amide bonds. The molecular weight excluding hydrogens is 324 g/mol. The van der Waals surface area contributed by atoms with Gasteiger partial charge in [-0.05, 0) is 42.9 Å². The number of hydrogen-bond acceptors (Lipinski definition) is 3. The highest BCUT2D eigenvalue weighted by molar-refractivity contribution is 5.26. The molecule has 0 saturated heterocycles. The van der Waals surface area contributed by atoms with E-state index in [1.54, 1.807) is 7.11 Å². The maximum atomic E-state index is 6.26. The molecule has 1 aromatic rings. The molecule has 0 bridgehead atoms. The Morgan fingerprint density at radius 2 is 1.58 bits per heavy atom. The molecule has 0 N–H and O–H groups in total. The number of ether oxygens (including phenoxy) is 3. The second-order valence-electron chi connectivity index (χ2n) is 7.93. The molecule has 1 rings (SSSR count). The minimum absolute atomic E-state index is 0.00557. The predicted octanol–water partition coefficient (Wildman–Crippen LogP) is 5.88.